The second-order valence-corrected chi connectivity index (χ2v) is 15.1. The van der Waals surface area contributed by atoms with Crippen molar-refractivity contribution in [1.29, 1.82) is 0 Å². The summed E-state index contributed by atoms with van der Waals surface area (Å²) in [4.78, 5) is 72.0. The smallest absolute Gasteiger partial charge is 0.416 e. The van der Waals surface area contributed by atoms with E-state index in [1.165, 1.54) is 14.0 Å². The molecular weight excluding hydrogens is 780 g/mol. The van der Waals surface area contributed by atoms with Crippen LogP contribution in [0.2, 0.25) is 0 Å². The number of nitrogens with one attached hydrogen (secondary N) is 2. The third kappa shape index (κ3) is 7.11. The summed E-state index contributed by atoms with van der Waals surface area (Å²) < 4.78 is 88.5. The number of hydrogen-bond acceptors (Lipinski definition) is 7. The molecule has 6 heterocycles. The van der Waals surface area contributed by atoms with Crippen molar-refractivity contribution in [2.24, 2.45) is 0 Å². The fourth-order valence-corrected chi connectivity index (χ4v) is 8.39. The Morgan fingerprint density at radius 2 is 1.42 bits per heavy atom. The van der Waals surface area contributed by atoms with Gasteiger partial charge in [-0.25, -0.2) is 4.98 Å². The number of ether oxygens (including phenoxy) is 1. The minimum Gasteiger partial charge on any atom is -0.469 e. The van der Waals surface area contributed by atoms with Gasteiger partial charge in [0.2, 0.25) is 0 Å². The van der Waals surface area contributed by atoms with Crippen molar-refractivity contribution in [3.8, 4) is 0 Å². The second kappa shape index (κ2) is 14.6. The van der Waals surface area contributed by atoms with Crippen LogP contribution in [0.5, 0.6) is 0 Å². The number of aryl methyl sites for hydroxylation is 2. The normalized spacial score (nSPS) is 16.9. The Labute approximate surface area is 333 Å². The molecule has 3 aromatic heterocycles. The number of imide groups is 1. The number of benzene rings is 1. The molecular formula is C43H39F6N5O5. The molecule has 8 bridgehead atoms. The van der Waals surface area contributed by atoms with Gasteiger partial charge in [-0.2, -0.15) is 26.3 Å². The number of methoxy groups -OCH3 is 1. The lowest BCUT2D eigenvalue weighted by Gasteiger charge is -2.27. The minimum atomic E-state index is -5.17. The number of carbonyl (C=O) groups is 4. The van der Waals surface area contributed by atoms with Crippen LogP contribution < -0.4 is 0 Å². The zero-order chi connectivity index (χ0) is 43.0. The van der Waals surface area contributed by atoms with Gasteiger partial charge in [-0.05, 0) is 105 Å². The molecule has 0 unspecified atom stereocenters. The van der Waals surface area contributed by atoms with E-state index in [-0.39, 0.29) is 47.0 Å². The molecule has 2 N–H and O–H groups in total. The average molecular weight is 820 g/mol. The molecule has 0 aliphatic carbocycles. The van der Waals surface area contributed by atoms with Gasteiger partial charge in [0.15, 0.2) is 5.78 Å². The molecule has 3 aliphatic rings. The summed E-state index contributed by atoms with van der Waals surface area (Å²) in [6.07, 6.45) is -9.77. The minimum absolute atomic E-state index is 0.0236. The van der Waals surface area contributed by atoms with Crippen molar-refractivity contribution in [1.82, 2.24) is 24.8 Å². The number of ketones is 1. The highest BCUT2D eigenvalue weighted by Gasteiger charge is 2.42. The Kier molecular flexibility index (Phi) is 10.2. The van der Waals surface area contributed by atoms with Gasteiger partial charge in [-0.15, -0.1) is 0 Å². The lowest BCUT2D eigenvalue weighted by Crippen LogP contribution is -2.40. The molecule has 0 saturated heterocycles. The van der Waals surface area contributed by atoms with Gasteiger partial charge in [-0.1, -0.05) is 13.8 Å². The number of aromatic amines is 2. The monoisotopic (exact) mass is 819 g/mol. The van der Waals surface area contributed by atoms with Gasteiger partial charge in [0.25, 0.3) is 11.8 Å². The first-order valence-corrected chi connectivity index (χ1v) is 18.8. The number of nitrogens with zero attached hydrogens (tertiary/aromatic N) is 3. The van der Waals surface area contributed by atoms with Crippen molar-refractivity contribution >= 4 is 56.8 Å². The zero-order valence-corrected chi connectivity index (χ0v) is 33.1. The largest absolute Gasteiger partial charge is 0.469 e. The van der Waals surface area contributed by atoms with Gasteiger partial charge < -0.3 is 14.7 Å². The molecule has 0 radical (unpaired) electrons. The van der Waals surface area contributed by atoms with Crippen molar-refractivity contribution < 1.29 is 50.3 Å². The lowest BCUT2D eigenvalue weighted by atomic mass is 9.84. The number of H-pyrrole nitrogens is 2. The van der Waals surface area contributed by atoms with Gasteiger partial charge in [0.05, 0.1) is 64.0 Å². The number of halogens is 6. The summed E-state index contributed by atoms with van der Waals surface area (Å²) in [5.41, 5.74) is 2.38. The maximum absolute atomic E-state index is 14.9. The van der Waals surface area contributed by atoms with Crippen LogP contribution in [0.15, 0.2) is 36.4 Å². The topological polar surface area (TPSA) is 138 Å². The van der Waals surface area contributed by atoms with Crippen molar-refractivity contribution in [2.75, 3.05) is 7.11 Å². The van der Waals surface area contributed by atoms with Crippen LogP contribution in [0.25, 0.3) is 33.2 Å². The van der Waals surface area contributed by atoms with Crippen LogP contribution in [0.4, 0.5) is 26.3 Å². The Bertz CT molecular complexity index is 2670. The van der Waals surface area contributed by atoms with Crippen LogP contribution in [0.3, 0.4) is 0 Å². The van der Waals surface area contributed by atoms with E-state index in [9.17, 15) is 45.5 Å². The summed E-state index contributed by atoms with van der Waals surface area (Å²) in [6, 6.07) is 6.19. The molecule has 3 aliphatic heterocycles. The number of alkyl halides is 6. The van der Waals surface area contributed by atoms with E-state index < -0.39 is 65.2 Å². The van der Waals surface area contributed by atoms with E-state index >= 15 is 0 Å². The number of Topliss-reactive ketones (excluding diaryl/α,β-unsaturated/α-hetero) is 1. The van der Waals surface area contributed by atoms with Crippen LogP contribution in [0, 0.1) is 13.8 Å². The molecule has 0 fully saturated rings. The van der Waals surface area contributed by atoms with Gasteiger partial charge >= 0.3 is 18.3 Å². The van der Waals surface area contributed by atoms with E-state index in [1.807, 2.05) is 20.8 Å². The second-order valence-electron chi connectivity index (χ2n) is 15.1. The molecule has 16 heteroatoms. The maximum Gasteiger partial charge on any atom is 0.416 e. The summed E-state index contributed by atoms with van der Waals surface area (Å²) >= 11 is 0. The first kappa shape index (κ1) is 41.1. The predicted octanol–water partition coefficient (Wildman–Crippen LogP) is 10.1. The Morgan fingerprint density at radius 1 is 0.814 bits per heavy atom. The number of amides is 2. The lowest BCUT2D eigenvalue weighted by molar-refractivity contribution is -0.143. The number of rotatable bonds is 7. The highest BCUT2D eigenvalue weighted by Crippen LogP contribution is 2.45. The predicted molar refractivity (Wildman–Crippen MR) is 206 cm³/mol. The molecule has 4 aromatic rings. The van der Waals surface area contributed by atoms with E-state index in [0.29, 0.717) is 73.8 Å². The molecule has 7 rings (SSSR count). The number of esters is 1. The number of carbonyl (C=O) groups excluding carboxylic acids is 4. The molecule has 0 saturated carbocycles. The third-order valence-electron chi connectivity index (χ3n) is 11.5. The van der Waals surface area contributed by atoms with E-state index in [1.54, 1.807) is 32.0 Å². The molecule has 59 heavy (non-hydrogen) atoms. The molecule has 2 amide bonds. The molecule has 10 nitrogen and oxygen atoms in total. The summed E-state index contributed by atoms with van der Waals surface area (Å²) in [5.74, 6) is -3.84. The van der Waals surface area contributed by atoms with Gasteiger partial charge in [0.1, 0.15) is 0 Å². The average Bonchev–Trinajstić information content (AvgIpc) is 3.84. The highest BCUT2D eigenvalue weighted by atomic mass is 19.4. The van der Waals surface area contributed by atoms with Crippen LogP contribution in [0.1, 0.15) is 140 Å². The summed E-state index contributed by atoms with van der Waals surface area (Å²) in [7, 11) is 1.23. The van der Waals surface area contributed by atoms with E-state index in [2.05, 4.69) is 9.97 Å². The Morgan fingerprint density at radius 3 is 2.02 bits per heavy atom. The molecule has 0 spiro atoms. The quantitative estimate of drug-likeness (QED) is 0.0819. The van der Waals surface area contributed by atoms with Crippen LogP contribution in [-0.2, 0) is 28.4 Å². The molecule has 2 atom stereocenters. The van der Waals surface area contributed by atoms with E-state index in [4.69, 9.17) is 14.7 Å². The third-order valence-corrected chi connectivity index (χ3v) is 11.5. The highest BCUT2D eigenvalue weighted by molar-refractivity contribution is 6.23. The number of aromatic nitrogens is 4. The fraction of sp³-hybridized carbons (Fsp3) is 0.349. The number of hydrogen-bond donors (Lipinski definition) is 2. The first-order valence-electron chi connectivity index (χ1n) is 18.8. The molecule has 1 aromatic carbocycles. The first-order chi connectivity index (χ1) is 27.6. The van der Waals surface area contributed by atoms with Gasteiger partial charge in [-0.3, -0.25) is 29.1 Å². The zero-order valence-electron chi connectivity index (χ0n) is 33.1. The van der Waals surface area contributed by atoms with Crippen molar-refractivity contribution in [3.05, 3.63) is 104 Å². The Hall–Kier alpha value is -6.06. The Balaban J connectivity index is 1.59. The van der Waals surface area contributed by atoms with Crippen molar-refractivity contribution in [2.45, 2.75) is 91.5 Å². The summed E-state index contributed by atoms with van der Waals surface area (Å²) in [5, 5.41) is 0. The number of fused-ring (bicyclic) bond motifs is 8. The standard InChI is InChI=1S/C43H39F6N5O5/c1-8-26-18(2)28-16-33-35(22(6)55)20(4)30(51-33)14-29-19(3)27(9-10-34(56)59-7)38(52-29)37-39-36(21(5)31(53-39)15-32(26)50-28)40(57)54(41(37)58)17-23-11-24(42(44,45)46)13-25(12-23)43(47,48)49/h11-16,19,27,51,53H,8-10,17H2,1-7H3/t19-,27-/m0/s1. The van der Waals surface area contributed by atoms with Crippen molar-refractivity contribution in [3.63, 3.8) is 0 Å². The molecule has 308 valence electrons. The van der Waals surface area contributed by atoms with Crippen LogP contribution >= 0.6 is 0 Å². The van der Waals surface area contributed by atoms with Crippen LogP contribution in [-0.4, -0.2) is 55.5 Å². The SMILES string of the molecule is CCC1=C(C)c2cc3[nH]c(cc4nc(c5c6[nH]c(cc1n2)c(C)c6C(=O)N(Cc1cc(C(F)(F)F)cc(C(F)(F)F)c1)C5=O)[C@@H](CCC(=O)OC)[C@@H]4C)c(C)c3C(C)=O. The fourth-order valence-electron chi connectivity index (χ4n) is 8.39. The summed E-state index contributed by atoms with van der Waals surface area (Å²) in [6.45, 7) is 9.59. The van der Waals surface area contributed by atoms with Gasteiger partial charge in [0, 0.05) is 40.5 Å². The maximum atomic E-state index is 14.9. The van der Waals surface area contributed by atoms with E-state index in [0.717, 1.165) is 11.1 Å². The number of allylic oxidation sites excluding steroid dienone is 2.